The molecule has 0 saturated carbocycles. The predicted molar refractivity (Wildman–Crippen MR) is 134 cm³/mol. The smallest absolute Gasteiger partial charge is 0.229 e. The number of piperidine rings is 1. The molecule has 3 aromatic rings. The Morgan fingerprint density at radius 2 is 1.59 bits per heavy atom. The van der Waals surface area contributed by atoms with Crippen LogP contribution in [0.3, 0.4) is 0 Å². The Labute approximate surface area is 201 Å². The molecule has 2 aliphatic rings. The Bertz CT molecular complexity index is 1210. The summed E-state index contributed by atoms with van der Waals surface area (Å²) in [5, 5.41) is 2.20. The zero-order valence-electron chi connectivity index (χ0n) is 20.0. The molecule has 34 heavy (non-hydrogen) atoms. The zero-order chi connectivity index (χ0) is 23.7. The molecule has 2 heterocycles. The molecule has 5 rings (SSSR count). The van der Waals surface area contributed by atoms with Crippen molar-refractivity contribution in [2.75, 3.05) is 26.7 Å². The van der Waals surface area contributed by atoms with Gasteiger partial charge in [0.2, 0.25) is 11.8 Å². The van der Waals surface area contributed by atoms with Gasteiger partial charge < -0.3 is 14.5 Å². The standard InChI is InChI=1S/C29H32N2O3/c1-20(23-7-8-25-18-27(34-2)10-9-24(25)17-23)28(32)30-14-12-22(13-15-30)29(33)31-16-11-21-5-3-4-6-26(21)19-31/h3-10,17-18,20,22H,11-16,19H2,1-2H3. The third kappa shape index (κ3) is 4.39. The van der Waals surface area contributed by atoms with E-state index in [4.69, 9.17) is 4.74 Å². The van der Waals surface area contributed by atoms with Crippen LogP contribution in [0.1, 0.15) is 42.4 Å². The van der Waals surface area contributed by atoms with Gasteiger partial charge in [-0.25, -0.2) is 0 Å². The Morgan fingerprint density at radius 1 is 0.882 bits per heavy atom. The number of benzene rings is 3. The highest BCUT2D eigenvalue weighted by atomic mass is 16.5. The number of nitrogens with zero attached hydrogens (tertiary/aromatic N) is 2. The van der Waals surface area contributed by atoms with Crippen LogP contribution in [0, 0.1) is 5.92 Å². The molecule has 0 aromatic heterocycles. The van der Waals surface area contributed by atoms with Crippen LogP contribution in [0.15, 0.2) is 60.7 Å². The lowest BCUT2D eigenvalue weighted by molar-refractivity contribution is -0.141. The number of carbonyl (C=O) groups is 2. The van der Waals surface area contributed by atoms with E-state index < -0.39 is 0 Å². The average molecular weight is 457 g/mol. The molecule has 0 radical (unpaired) electrons. The minimum atomic E-state index is -0.211. The van der Waals surface area contributed by atoms with Crippen molar-refractivity contribution in [2.45, 2.75) is 38.6 Å². The van der Waals surface area contributed by atoms with Crippen molar-refractivity contribution in [1.29, 1.82) is 0 Å². The summed E-state index contributed by atoms with van der Waals surface area (Å²) in [4.78, 5) is 30.4. The normalized spacial score (nSPS) is 17.4. The maximum atomic E-state index is 13.3. The first-order chi connectivity index (χ1) is 16.5. The summed E-state index contributed by atoms with van der Waals surface area (Å²) < 4.78 is 5.31. The van der Waals surface area contributed by atoms with Crippen molar-refractivity contribution >= 4 is 22.6 Å². The van der Waals surface area contributed by atoms with Crippen LogP contribution in [-0.4, -0.2) is 48.4 Å². The van der Waals surface area contributed by atoms with Crippen molar-refractivity contribution in [3.63, 3.8) is 0 Å². The number of likely N-dealkylation sites (tertiary alicyclic amines) is 1. The van der Waals surface area contributed by atoms with E-state index in [1.807, 2.05) is 47.1 Å². The fourth-order valence-corrected chi connectivity index (χ4v) is 5.34. The van der Waals surface area contributed by atoms with Crippen molar-refractivity contribution < 1.29 is 14.3 Å². The van der Waals surface area contributed by atoms with Gasteiger partial charge in [0, 0.05) is 32.1 Å². The number of hydrogen-bond acceptors (Lipinski definition) is 3. The van der Waals surface area contributed by atoms with Gasteiger partial charge in [-0.2, -0.15) is 0 Å². The van der Waals surface area contributed by atoms with Gasteiger partial charge in [-0.15, -0.1) is 0 Å². The molecule has 2 amide bonds. The molecule has 1 saturated heterocycles. The van der Waals surface area contributed by atoms with Gasteiger partial charge in [0.05, 0.1) is 13.0 Å². The lowest BCUT2D eigenvalue weighted by Gasteiger charge is -2.37. The number of carbonyl (C=O) groups excluding carboxylic acids is 2. The topological polar surface area (TPSA) is 49.9 Å². The predicted octanol–water partition coefficient (Wildman–Crippen LogP) is 4.78. The number of hydrogen-bond donors (Lipinski definition) is 0. The van der Waals surface area contributed by atoms with Crippen molar-refractivity contribution in [2.24, 2.45) is 5.92 Å². The summed E-state index contributed by atoms with van der Waals surface area (Å²) >= 11 is 0. The molecular weight excluding hydrogens is 424 g/mol. The van der Waals surface area contributed by atoms with Gasteiger partial charge in [-0.1, -0.05) is 48.5 Å². The second-order valence-corrected chi connectivity index (χ2v) is 9.57. The highest BCUT2D eigenvalue weighted by Gasteiger charge is 2.33. The second kappa shape index (κ2) is 9.49. The van der Waals surface area contributed by atoms with Crippen molar-refractivity contribution in [3.8, 4) is 5.75 Å². The van der Waals surface area contributed by atoms with Crippen molar-refractivity contribution in [3.05, 3.63) is 77.4 Å². The van der Waals surface area contributed by atoms with E-state index in [2.05, 4.69) is 30.3 Å². The van der Waals surface area contributed by atoms with Gasteiger partial charge in [0.15, 0.2) is 0 Å². The minimum Gasteiger partial charge on any atom is -0.497 e. The Balaban J connectivity index is 1.19. The number of fused-ring (bicyclic) bond motifs is 2. The molecule has 1 unspecified atom stereocenters. The third-order valence-corrected chi connectivity index (χ3v) is 7.54. The Morgan fingerprint density at radius 3 is 2.35 bits per heavy atom. The lowest BCUT2D eigenvalue weighted by atomic mass is 9.91. The summed E-state index contributed by atoms with van der Waals surface area (Å²) in [5.74, 6) is 1.03. The molecule has 1 fully saturated rings. The van der Waals surface area contributed by atoms with E-state index in [1.54, 1.807) is 7.11 Å². The van der Waals surface area contributed by atoms with Crippen LogP contribution in [0.5, 0.6) is 5.75 Å². The quantitative estimate of drug-likeness (QED) is 0.568. The highest BCUT2D eigenvalue weighted by Crippen LogP contribution is 2.29. The van der Waals surface area contributed by atoms with Crippen molar-refractivity contribution in [1.82, 2.24) is 9.80 Å². The van der Waals surface area contributed by atoms with Crippen LogP contribution in [-0.2, 0) is 22.6 Å². The molecule has 0 bridgehead atoms. The first-order valence-electron chi connectivity index (χ1n) is 12.3. The fraction of sp³-hybridized carbons (Fsp3) is 0.379. The van der Waals surface area contributed by atoms with Crippen LogP contribution in [0.2, 0.25) is 0 Å². The first kappa shape index (κ1) is 22.5. The fourth-order valence-electron chi connectivity index (χ4n) is 5.34. The van der Waals surface area contributed by atoms with Gasteiger partial charge in [-0.05, 0) is 65.8 Å². The molecule has 176 valence electrons. The van der Waals surface area contributed by atoms with E-state index in [0.717, 1.165) is 47.9 Å². The molecular formula is C29H32N2O3. The molecule has 0 N–H and O–H groups in total. The van der Waals surface area contributed by atoms with E-state index in [-0.39, 0.29) is 23.7 Å². The maximum absolute atomic E-state index is 13.3. The molecule has 5 heteroatoms. The average Bonchev–Trinajstić information content (AvgIpc) is 2.91. The molecule has 2 aliphatic heterocycles. The molecule has 3 aromatic carbocycles. The van der Waals surface area contributed by atoms with E-state index in [0.29, 0.717) is 19.6 Å². The third-order valence-electron chi connectivity index (χ3n) is 7.54. The Kier molecular flexibility index (Phi) is 6.27. The molecule has 0 aliphatic carbocycles. The number of ether oxygens (including phenoxy) is 1. The molecule has 5 nitrogen and oxygen atoms in total. The van der Waals surface area contributed by atoms with Gasteiger partial charge in [0.1, 0.15) is 5.75 Å². The Hall–Kier alpha value is -3.34. The molecule has 0 spiro atoms. The highest BCUT2D eigenvalue weighted by molar-refractivity contribution is 5.88. The van der Waals surface area contributed by atoms with Crippen LogP contribution < -0.4 is 4.74 Å². The lowest BCUT2D eigenvalue weighted by Crippen LogP contribution is -2.46. The summed E-state index contributed by atoms with van der Waals surface area (Å²) in [6, 6.07) is 20.6. The van der Waals surface area contributed by atoms with Crippen LogP contribution in [0.25, 0.3) is 10.8 Å². The minimum absolute atomic E-state index is 0.0141. The van der Waals surface area contributed by atoms with E-state index in [9.17, 15) is 9.59 Å². The van der Waals surface area contributed by atoms with Gasteiger partial charge in [0.25, 0.3) is 0 Å². The maximum Gasteiger partial charge on any atom is 0.229 e. The summed E-state index contributed by atoms with van der Waals surface area (Å²) in [6.07, 6.45) is 2.41. The summed E-state index contributed by atoms with van der Waals surface area (Å²) in [6.45, 7) is 4.78. The number of methoxy groups -OCH3 is 1. The number of rotatable bonds is 4. The second-order valence-electron chi connectivity index (χ2n) is 9.57. The van der Waals surface area contributed by atoms with Crippen LogP contribution in [0.4, 0.5) is 0 Å². The van der Waals surface area contributed by atoms with Crippen LogP contribution >= 0.6 is 0 Å². The summed E-state index contributed by atoms with van der Waals surface area (Å²) in [5.41, 5.74) is 3.64. The monoisotopic (exact) mass is 456 g/mol. The largest absolute Gasteiger partial charge is 0.497 e. The zero-order valence-corrected chi connectivity index (χ0v) is 20.0. The summed E-state index contributed by atoms with van der Waals surface area (Å²) in [7, 11) is 1.67. The van der Waals surface area contributed by atoms with Gasteiger partial charge in [-0.3, -0.25) is 9.59 Å². The van der Waals surface area contributed by atoms with E-state index >= 15 is 0 Å². The number of amides is 2. The SMILES string of the molecule is COc1ccc2cc(C(C)C(=O)N3CCC(C(=O)N4CCc5ccccc5C4)CC3)ccc2c1. The van der Waals surface area contributed by atoms with E-state index in [1.165, 1.54) is 11.1 Å². The molecule has 1 atom stereocenters. The van der Waals surface area contributed by atoms with Gasteiger partial charge >= 0.3 is 0 Å². The first-order valence-corrected chi connectivity index (χ1v) is 12.3.